The first-order valence-corrected chi connectivity index (χ1v) is 12.2. The summed E-state index contributed by atoms with van der Waals surface area (Å²) in [5, 5.41) is 12.0. The van der Waals surface area contributed by atoms with Crippen LogP contribution < -0.4 is 10.2 Å². The summed E-state index contributed by atoms with van der Waals surface area (Å²) in [5.74, 6) is -1.64. The Morgan fingerprint density at radius 2 is 1.56 bits per heavy atom. The van der Waals surface area contributed by atoms with Crippen LogP contribution in [0.25, 0.3) is 11.1 Å². The van der Waals surface area contributed by atoms with Gasteiger partial charge in [-0.25, -0.2) is 0 Å². The molecule has 1 atom stereocenters. The van der Waals surface area contributed by atoms with E-state index in [1.54, 1.807) is 23.1 Å². The molecule has 4 rings (SSSR count). The molecule has 3 aromatic carbocycles. The van der Waals surface area contributed by atoms with Crippen molar-refractivity contribution in [3.05, 3.63) is 90.0 Å². The zero-order valence-electron chi connectivity index (χ0n) is 20.4. The van der Waals surface area contributed by atoms with Gasteiger partial charge < -0.3 is 20.2 Å². The molecule has 1 aliphatic heterocycles. The van der Waals surface area contributed by atoms with Gasteiger partial charge in [-0.15, -0.1) is 0 Å². The molecule has 1 fully saturated rings. The second kappa shape index (κ2) is 11.5. The van der Waals surface area contributed by atoms with E-state index in [2.05, 4.69) is 35.3 Å². The first-order chi connectivity index (χ1) is 17.4. The lowest BCUT2D eigenvalue weighted by molar-refractivity contribution is -0.138. The number of nitrogens with zero attached hydrogens (tertiary/aromatic N) is 2. The fraction of sp³-hybridized carbons (Fsp3) is 0.276. The maximum absolute atomic E-state index is 13.4. The molecule has 2 N–H and O–H groups in total. The van der Waals surface area contributed by atoms with Crippen LogP contribution in [0.5, 0.6) is 0 Å². The second-order valence-electron chi connectivity index (χ2n) is 9.06. The van der Waals surface area contributed by atoms with E-state index in [1.807, 2.05) is 42.5 Å². The van der Waals surface area contributed by atoms with Crippen LogP contribution in [-0.2, 0) is 9.59 Å². The van der Waals surface area contributed by atoms with Gasteiger partial charge in [0.05, 0.1) is 0 Å². The quantitative estimate of drug-likeness (QED) is 0.504. The fourth-order valence-corrected chi connectivity index (χ4v) is 4.47. The minimum atomic E-state index is -1.00. The summed E-state index contributed by atoms with van der Waals surface area (Å²) in [7, 11) is 0. The molecule has 0 aromatic heterocycles. The van der Waals surface area contributed by atoms with Gasteiger partial charge in [0, 0.05) is 43.9 Å². The molecule has 186 valence electrons. The number of benzene rings is 3. The van der Waals surface area contributed by atoms with Crippen LogP contribution >= 0.6 is 0 Å². The molecule has 0 unspecified atom stereocenters. The number of aryl methyl sites for hydroxylation is 1. The van der Waals surface area contributed by atoms with E-state index in [0.717, 1.165) is 16.8 Å². The van der Waals surface area contributed by atoms with Crippen LogP contribution in [0.4, 0.5) is 5.69 Å². The summed E-state index contributed by atoms with van der Waals surface area (Å²) in [6.07, 6.45) is -0.166. The molecule has 7 nitrogen and oxygen atoms in total. The molecular formula is C29H31N3O4. The number of amides is 2. The molecule has 1 heterocycles. The molecule has 1 saturated heterocycles. The van der Waals surface area contributed by atoms with Crippen molar-refractivity contribution in [1.82, 2.24) is 10.2 Å². The molecule has 2 amide bonds. The van der Waals surface area contributed by atoms with E-state index in [4.69, 9.17) is 0 Å². The third kappa shape index (κ3) is 6.30. The number of piperazine rings is 1. The van der Waals surface area contributed by atoms with Crippen LogP contribution in [0.15, 0.2) is 78.9 Å². The number of hydrogen-bond donors (Lipinski definition) is 2. The number of carbonyl (C=O) groups excluding carboxylic acids is 2. The number of carbonyl (C=O) groups is 3. The average molecular weight is 486 g/mol. The Balaban J connectivity index is 1.44. The van der Waals surface area contributed by atoms with Crippen LogP contribution in [0.1, 0.15) is 28.8 Å². The van der Waals surface area contributed by atoms with Gasteiger partial charge in [-0.05, 0) is 54.3 Å². The number of carboxylic acid groups (broad SMARTS) is 1. The van der Waals surface area contributed by atoms with Crippen molar-refractivity contribution in [3.63, 3.8) is 0 Å². The van der Waals surface area contributed by atoms with Crippen LogP contribution in [-0.4, -0.2) is 60.0 Å². The van der Waals surface area contributed by atoms with Gasteiger partial charge in [0.15, 0.2) is 0 Å². The Hall–Kier alpha value is -4.13. The smallest absolute Gasteiger partial charge is 0.303 e. The molecule has 0 radical (unpaired) electrons. The maximum Gasteiger partial charge on any atom is 0.303 e. The second-order valence-corrected chi connectivity index (χ2v) is 9.06. The summed E-state index contributed by atoms with van der Waals surface area (Å²) in [6, 6.07) is 24.3. The van der Waals surface area contributed by atoms with Crippen molar-refractivity contribution < 1.29 is 19.5 Å². The van der Waals surface area contributed by atoms with Crippen molar-refractivity contribution in [2.24, 2.45) is 0 Å². The van der Waals surface area contributed by atoms with E-state index >= 15 is 0 Å². The van der Waals surface area contributed by atoms with Crippen LogP contribution in [0, 0.1) is 6.92 Å². The van der Waals surface area contributed by atoms with Gasteiger partial charge in [0.2, 0.25) is 5.91 Å². The number of rotatable bonds is 8. The highest BCUT2D eigenvalue weighted by molar-refractivity contribution is 5.98. The standard InChI is InChI=1S/C29H31N3O4/c1-21-7-5-12-25(19-21)31-15-17-32(18-16-31)29(36)26(13-14-27(33)34)30-28(35)24-11-6-10-23(20-24)22-8-3-2-4-9-22/h2-12,19-20,26H,13-18H2,1H3,(H,30,35)(H,33,34)/t26-/m0/s1. The predicted molar refractivity (Wildman–Crippen MR) is 140 cm³/mol. The Kier molecular flexibility index (Phi) is 8.00. The van der Waals surface area contributed by atoms with E-state index in [-0.39, 0.29) is 18.7 Å². The summed E-state index contributed by atoms with van der Waals surface area (Å²) >= 11 is 0. The van der Waals surface area contributed by atoms with Gasteiger partial charge >= 0.3 is 5.97 Å². The average Bonchev–Trinajstić information content (AvgIpc) is 2.91. The lowest BCUT2D eigenvalue weighted by Gasteiger charge is -2.37. The Labute approximate surface area is 211 Å². The zero-order chi connectivity index (χ0) is 25.5. The lowest BCUT2D eigenvalue weighted by Crippen LogP contribution is -2.55. The normalized spacial score (nSPS) is 14.2. The molecular weight excluding hydrogens is 454 g/mol. The summed E-state index contributed by atoms with van der Waals surface area (Å²) in [4.78, 5) is 41.7. The third-order valence-corrected chi connectivity index (χ3v) is 6.44. The van der Waals surface area contributed by atoms with Crippen LogP contribution in [0.3, 0.4) is 0 Å². The van der Waals surface area contributed by atoms with E-state index in [1.165, 1.54) is 5.56 Å². The minimum Gasteiger partial charge on any atom is -0.481 e. The van der Waals surface area contributed by atoms with Gasteiger partial charge in [-0.2, -0.15) is 0 Å². The Morgan fingerprint density at radius 3 is 2.25 bits per heavy atom. The van der Waals surface area contributed by atoms with E-state index in [9.17, 15) is 19.5 Å². The topological polar surface area (TPSA) is 90.0 Å². The molecule has 1 aliphatic rings. The largest absolute Gasteiger partial charge is 0.481 e. The van der Waals surface area contributed by atoms with Crippen molar-refractivity contribution in [1.29, 1.82) is 0 Å². The van der Waals surface area contributed by atoms with Crippen molar-refractivity contribution in [2.75, 3.05) is 31.1 Å². The third-order valence-electron chi connectivity index (χ3n) is 6.44. The van der Waals surface area contributed by atoms with Gasteiger partial charge in [0.25, 0.3) is 5.91 Å². The number of aliphatic carboxylic acids is 1. The Morgan fingerprint density at radius 1 is 0.861 bits per heavy atom. The molecule has 0 spiro atoms. The molecule has 7 heteroatoms. The lowest BCUT2D eigenvalue weighted by atomic mass is 10.0. The highest BCUT2D eigenvalue weighted by atomic mass is 16.4. The minimum absolute atomic E-state index is 0.0381. The first kappa shape index (κ1) is 25.0. The van der Waals surface area contributed by atoms with Crippen molar-refractivity contribution >= 4 is 23.5 Å². The predicted octanol–water partition coefficient (Wildman–Crippen LogP) is 3.97. The number of hydrogen-bond acceptors (Lipinski definition) is 4. The maximum atomic E-state index is 13.4. The van der Waals surface area contributed by atoms with Gasteiger partial charge in [-0.3, -0.25) is 14.4 Å². The highest BCUT2D eigenvalue weighted by Crippen LogP contribution is 2.21. The van der Waals surface area contributed by atoms with E-state index in [0.29, 0.717) is 31.7 Å². The van der Waals surface area contributed by atoms with Gasteiger partial charge in [0.1, 0.15) is 6.04 Å². The fourth-order valence-electron chi connectivity index (χ4n) is 4.47. The SMILES string of the molecule is Cc1cccc(N2CCN(C(=O)[C@H](CCC(=O)O)NC(=O)c3cccc(-c4ccccc4)c3)CC2)c1. The van der Waals surface area contributed by atoms with Crippen molar-refractivity contribution in [3.8, 4) is 11.1 Å². The molecule has 0 saturated carbocycles. The van der Waals surface area contributed by atoms with Crippen molar-refractivity contribution in [2.45, 2.75) is 25.8 Å². The van der Waals surface area contributed by atoms with Crippen LogP contribution in [0.2, 0.25) is 0 Å². The molecule has 3 aromatic rings. The summed E-state index contributed by atoms with van der Waals surface area (Å²) < 4.78 is 0. The monoisotopic (exact) mass is 485 g/mol. The summed E-state index contributed by atoms with van der Waals surface area (Å²) in [5.41, 5.74) is 4.60. The van der Waals surface area contributed by atoms with Gasteiger partial charge in [-0.1, -0.05) is 54.6 Å². The molecule has 0 bridgehead atoms. The highest BCUT2D eigenvalue weighted by Gasteiger charge is 2.29. The molecule has 0 aliphatic carbocycles. The Bertz CT molecular complexity index is 1220. The first-order valence-electron chi connectivity index (χ1n) is 12.2. The summed E-state index contributed by atoms with van der Waals surface area (Å²) in [6.45, 7) is 4.42. The number of nitrogens with one attached hydrogen (secondary N) is 1. The number of anilines is 1. The zero-order valence-corrected chi connectivity index (χ0v) is 20.4. The van der Waals surface area contributed by atoms with E-state index < -0.39 is 17.9 Å². The number of carboxylic acids is 1. The molecule has 36 heavy (non-hydrogen) atoms.